The minimum absolute atomic E-state index is 0.675. The lowest BCUT2D eigenvalue weighted by atomic mass is 10.0. The maximum Gasteiger partial charge on any atom is 0.161 e. The largest absolute Gasteiger partial charge is 0.493 e. The van der Waals surface area contributed by atoms with Gasteiger partial charge >= 0.3 is 0 Å². The number of methoxy groups -OCH3 is 2. The minimum Gasteiger partial charge on any atom is -0.493 e. The van der Waals surface area contributed by atoms with Gasteiger partial charge in [-0.1, -0.05) is 30.3 Å². The molecule has 2 aromatic carbocycles. The molecular weight excluding hydrogens is 338 g/mol. The maximum absolute atomic E-state index is 5.47. The number of pyridine rings is 1. The van der Waals surface area contributed by atoms with Crippen LogP contribution in [0.5, 0.6) is 11.5 Å². The quantitative estimate of drug-likeness (QED) is 0.556. The van der Waals surface area contributed by atoms with Gasteiger partial charge in [0.25, 0.3) is 0 Å². The summed E-state index contributed by atoms with van der Waals surface area (Å²) < 4.78 is 10.8. The van der Waals surface area contributed by atoms with Crippen LogP contribution in [0.15, 0.2) is 73.1 Å². The molecule has 0 fully saturated rings. The standard InChI is InChI=1S/C22H19N3O2/c1-26-18-9-8-17(14-19(18)27-2)21-20(15-6-4-3-5-7-15)24-22(25-21)16-10-12-23-13-11-16/h3-14H,1-2H3,(H,24,25). The van der Waals surface area contributed by atoms with Crippen LogP contribution in [0.4, 0.5) is 0 Å². The van der Waals surface area contributed by atoms with E-state index in [4.69, 9.17) is 14.5 Å². The third-order valence-corrected chi connectivity index (χ3v) is 4.38. The van der Waals surface area contributed by atoms with Crippen LogP contribution < -0.4 is 9.47 Å². The van der Waals surface area contributed by atoms with Crippen molar-refractivity contribution in [2.75, 3.05) is 14.2 Å². The lowest BCUT2D eigenvalue weighted by molar-refractivity contribution is 0.355. The average molecular weight is 357 g/mol. The van der Waals surface area contributed by atoms with Crippen molar-refractivity contribution in [3.8, 4) is 45.4 Å². The summed E-state index contributed by atoms with van der Waals surface area (Å²) in [5, 5.41) is 0. The Morgan fingerprint density at radius 1 is 0.741 bits per heavy atom. The van der Waals surface area contributed by atoms with Gasteiger partial charge in [-0.2, -0.15) is 0 Å². The van der Waals surface area contributed by atoms with Gasteiger partial charge in [0, 0.05) is 29.1 Å². The van der Waals surface area contributed by atoms with E-state index in [2.05, 4.69) is 22.1 Å². The molecule has 0 saturated heterocycles. The molecule has 0 saturated carbocycles. The lowest BCUT2D eigenvalue weighted by Gasteiger charge is -2.10. The first-order chi connectivity index (χ1) is 13.3. The summed E-state index contributed by atoms with van der Waals surface area (Å²) in [4.78, 5) is 12.4. The normalized spacial score (nSPS) is 10.6. The molecule has 0 unspecified atom stereocenters. The maximum atomic E-state index is 5.47. The van der Waals surface area contributed by atoms with Crippen molar-refractivity contribution in [2.45, 2.75) is 0 Å². The molecule has 2 heterocycles. The summed E-state index contributed by atoms with van der Waals surface area (Å²) in [6.45, 7) is 0. The Balaban J connectivity index is 1.90. The van der Waals surface area contributed by atoms with Gasteiger partial charge in [0.1, 0.15) is 5.82 Å². The van der Waals surface area contributed by atoms with Gasteiger partial charge in [0.15, 0.2) is 11.5 Å². The molecule has 5 heteroatoms. The van der Waals surface area contributed by atoms with E-state index in [1.54, 1.807) is 26.6 Å². The number of imidazole rings is 1. The van der Waals surface area contributed by atoms with E-state index in [9.17, 15) is 0 Å². The zero-order chi connectivity index (χ0) is 18.6. The van der Waals surface area contributed by atoms with Crippen LogP contribution >= 0.6 is 0 Å². The molecule has 0 aliphatic rings. The smallest absolute Gasteiger partial charge is 0.161 e. The molecule has 0 radical (unpaired) electrons. The van der Waals surface area contributed by atoms with E-state index in [-0.39, 0.29) is 0 Å². The first-order valence-corrected chi connectivity index (χ1v) is 8.58. The van der Waals surface area contributed by atoms with Crippen LogP contribution in [0.3, 0.4) is 0 Å². The Hall–Kier alpha value is -3.60. The van der Waals surface area contributed by atoms with E-state index in [0.717, 1.165) is 33.9 Å². The van der Waals surface area contributed by atoms with Gasteiger partial charge in [0.05, 0.1) is 25.6 Å². The number of nitrogens with one attached hydrogen (secondary N) is 1. The lowest BCUT2D eigenvalue weighted by Crippen LogP contribution is -1.91. The van der Waals surface area contributed by atoms with Gasteiger partial charge in [-0.15, -0.1) is 0 Å². The molecule has 27 heavy (non-hydrogen) atoms. The van der Waals surface area contributed by atoms with Crippen LogP contribution in [-0.4, -0.2) is 29.2 Å². The molecule has 4 aromatic rings. The highest BCUT2D eigenvalue weighted by atomic mass is 16.5. The number of ether oxygens (including phenoxy) is 2. The molecule has 0 bridgehead atoms. The van der Waals surface area contributed by atoms with Crippen molar-refractivity contribution in [1.29, 1.82) is 0 Å². The third-order valence-electron chi connectivity index (χ3n) is 4.38. The van der Waals surface area contributed by atoms with Gasteiger partial charge in [-0.05, 0) is 30.3 Å². The Labute approximate surface area is 157 Å². The first kappa shape index (κ1) is 16.8. The van der Waals surface area contributed by atoms with Crippen LogP contribution in [0.1, 0.15) is 0 Å². The Morgan fingerprint density at radius 3 is 2.19 bits per heavy atom. The predicted octanol–water partition coefficient (Wildman–Crippen LogP) is 4.82. The van der Waals surface area contributed by atoms with Crippen molar-refractivity contribution in [3.05, 3.63) is 73.1 Å². The van der Waals surface area contributed by atoms with Crippen LogP contribution in [0, 0.1) is 0 Å². The number of hydrogen-bond donors (Lipinski definition) is 1. The molecule has 134 valence electrons. The highest BCUT2D eigenvalue weighted by Gasteiger charge is 2.16. The summed E-state index contributed by atoms with van der Waals surface area (Å²) in [6.07, 6.45) is 3.52. The number of benzene rings is 2. The fourth-order valence-electron chi connectivity index (χ4n) is 3.03. The summed E-state index contributed by atoms with van der Waals surface area (Å²) in [5.74, 6) is 2.16. The van der Waals surface area contributed by atoms with E-state index < -0.39 is 0 Å². The van der Waals surface area contributed by atoms with E-state index in [1.165, 1.54) is 0 Å². The van der Waals surface area contributed by atoms with Crippen molar-refractivity contribution in [1.82, 2.24) is 15.0 Å². The third kappa shape index (κ3) is 3.27. The molecule has 0 aliphatic heterocycles. The van der Waals surface area contributed by atoms with Crippen LogP contribution in [0.25, 0.3) is 33.9 Å². The SMILES string of the molecule is COc1ccc(-c2[nH]c(-c3ccncc3)nc2-c2ccccc2)cc1OC. The number of nitrogens with zero attached hydrogens (tertiary/aromatic N) is 2. The average Bonchev–Trinajstić information content (AvgIpc) is 3.20. The zero-order valence-corrected chi connectivity index (χ0v) is 15.1. The zero-order valence-electron chi connectivity index (χ0n) is 15.1. The van der Waals surface area contributed by atoms with Crippen molar-refractivity contribution >= 4 is 0 Å². The fourth-order valence-corrected chi connectivity index (χ4v) is 3.03. The van der Waals surface area contributed by atoms with Crippen LogP contribution in [-0.2, 0) is 0 Å². The Kier molecular flexibility index (Phi) is 4.58. The molecule has 0 spiro atoms. The molecule has 0 amide bonds. The second-order valence-electron chi connectivity index (χ2n) is 5.98. The number of hydrogen-bond acceptors (Lipinski definition) is 4. The van der Waals surface area contributed by atoms with E-state index in [0.29, 0.717) is 11.5 Å². The van der Waals surface area contributed by atoms with Gasteiger partial charge in [-0.25, -0.2) is 4.98 Å². The van der Waals surface area contributed by atoms with E-state index >= 15 is 0 Å². The van der Waals surface area contributed by atoms with Gasteiger partial charge in [0.2, 0.25) is 0 Å². The van der Waals surface area contributed by atoms with Crippen molar-refractivity contribution < 1.29 is 9.47 Å². The van der Waals surface area contributed by atoms with Gasteiger partial charge < -0.3 is 14.5 Å². The number of aromatic amines is 1. The highest BCUT2D eigenvalue weighted by molar-refractivity contribution is 5.82. The fraction of sp³-hybridized carbons (Fsp3) is 0.0909. The molecular formula is C22H19N3O2. The summed E-state index contributed by atoms with van der Waals surface area (Å²) in [5.41, 5.74) is 4.80. The highest BCUT2D eigenvalue weighted by Crippen LogP contribution is 2.37. The summed E-state index contributed by atoms with van der Waals surface area (Å²) >= 11 is 0. The topological polar surface area (TPSA) is 60.0 Å². The van der Waals surface area contributed by atoms with Crippen molar-refractivity contribution in [3.63, 3.8) is 0 Å². The molecule has 0 aliphatic carbocycles. The second-order valence-corrected chi connectivity index (χ2v) is 5.98. The van der Waals surface area contributed by atoms with Gasteiger partial charge in [-0.3, -0.25) is 4.98 Å². The second kappa shape index (κ2) is 7.33. The Bertz CT molecular complexity index is 1040. The first-order valence-electron chi connectivity index (χ1n) is 8.58. The Morgan fingerprint density at radius 2 is 1.48 bits per heavy atom. The number of rotatable bonds is 5. The molecule has 2 aromatic heterocycles. The molecule has 0 atom stereocenters. The molecule has 4 rings (SSSR count). The van der Waals surface area contributed by atoms with Crippen molar-refractivity contribution in [2.24, 2.45) is 0 Å². The molecule has 1 N–H and O–H groups in total. The number of aromatic nitrogens is 3. The monoisotopic (exact) mass is 357 g/mol. The van der Waals surface area contributed by atoms with E-state index in [1.807, 2.05) is 48.5 Å². The molecule has 5 nitrogen and oxygen atoms in total. The summed E-state index contributed by atoms with van der Waals surface area (Å²) in [6, 6.07) is 19.8. The van der Waals surface area contributed by atoms with Crippen LogP contribution in [0.2, 0.25) is 0 Å². The minimum atomic E-state index is 0.675. The summed E-state index contributed by atoms with van der Waals surface area (Å²) in [7, 11) is 3.26. The predicted molar refractivity (Wildman–Crippen MR) is 106 cm³/mol. The number of H-pyrrole nitrogens is 1.